The predicted molar refractivity (Wildman–Crippen MR) is 96.1 cm³/mol. The van der Waals surface area contributed by atoms with E-state index in [1.807, 2.05) is 0 Å². The van der Waals surface area contributed by atoms with Gasteiger partial charge in [0.2, 0.25) is 10.0 Å². The van der Waals surface area contributed by atoms with Crippen LogP contribution in [0.15, 0.2) is 56.6 Å². The maximum absolute atomic E-state index is 12.5. The number of anilines is 1. The van der Waals surface area contributed by atoms with Crippen LogP contribution in [0.4, 0.5) is 5.69 Å². The van der Waals surface area contributed by atoms with Crippen LogP contribution < -0.4 is 20.5 Å². The molecular weight excluding hydrogens is 374 g/mol. The molecule has 0 radical (unpaired) electrons. The van der Waals surface area contributed by atoms with Gasteiger partial charge in [0.15, 0.2) is 11.7 Å². The Labute approximate surface area is 153 Å². The van der Waals surface area contributed by atoms with E-state index in [2.05, 4.69) is 10.0 Å². The summed E-state index contributed by atoms with van der Waals surface area (Å²) in [5.74, 6) is -0.562. The second kappa shape index (κ2) is 6.25. The summed E-state index contributed by atoms with van der Waals surface area (Å²) in [5.41, 5.74) is 1.17. The van der Waals surface area contributed by atoms with Crippen molar-refractivity contribution in [3.8, 4) is 5.75 Å². The lowest BCUT2D eigenvalue weighted by Gasteiger charge is -2.25. The Hall–Kier alpha value is -3.11. The number of carbonyl (C=O) groups excluding carboxylic acids is 1. The standard InChI is InChI=1S/C17H15N3O6S/c1-20-12-7-6-10(8-14(12)26-17(20)22)27(23,24)18-9-15-16(21)19-11-4-2-3-5-13(11)25-15/h2-8,15,18H,9H2,1H3,(H,19,21). The van der Waals surface area contributed by atoms with Crippen LogP contribution in [0.3, 0.4) is 0 Å². The molecule has 140 valence electrons. The molecule has 10 heteroatoms. The number of rotatable bonds is 4. The van der Waals surface area contributed by atoms with Gasteiger partial charge in [-0.2, -0.15) is 0 Å². The van der Waals surface area contributed by atoms with Gasteiger partial charge in [0, 0.05) is 13.1 Å². The minimum absolute atomic E-state index is 0.0824. The van der Waals surface area contributed by atoms with Gasteiger partial charge in [-0.25, -0.2) is 17.9 Å². The first-order valence-corrected chi connectivity index (χ1v) is 9.49. The topological polar surface area (TPSA) is 120 Å². The van der Waals surface area contributed by atoms with Crippen molar-refractivity contribution in [3.63, 3.8) is 0 Å². The van der Waals surface area contributed by atoms with E-state index in [0.29, 0.717) is 17.0 Å². The number of ether oxygens (including phenoxy) is 1. The highest BCUT2D eigenvalue weighted by Crippen LogP contribution is 2.28. The minimum Gasteiger partial charge on any atom is -0.477 e. The van der Waals surface area contributed by atoms with Crippen LogP contribution in [0.2, 0.25) is 0 Å². The Morgan fingerprint density at radius 1 is 1.19 bits per heavy atom. The summed E-state index contributed by atoms with van der Waals surface area (Å²) in [5, 5.41) is 2.67. The number of para-hydroxylation sites is 2. The summed E-state index contributed by atoms with van der Waals surface area (Å²) in [6.07, 6.45) is -1.01. The second-order valence-electron chi connectivity index (χ2n) is 6.00. The van der Waals surface area contributed by atoms with Crippen LogP contribution in [0.5, 0.6) is 5.75 Å². The van der Waals surface area contributed by atoms with E-state index in [9.17, 15) is 18.0 Å². The second-order valence-corrected chi connectivity index (χ2v) is 7.77. The van der Waals surface area contributed by atoms with E-state index in [1.165, 1.54) is 29.8 Å². The van der Waals surface area contributed by atoms with Gasteiger partial charge < -0.3 is 14.5 Å². The normalized spacial score (nSPS) is 16.6. The molecule has 1 amide bonds. The van der Waals surface area contributed by atoms with Crippen LogP contribution in [0.25, 0.3) is 11.1 Å². The SMILES string of the molecule is Cn1c(=O)oc2cc(S(=O)(=O)NCC3Oc4ccccc4NC3=O)ccc21. The van der Waals surface area contributed by atoms with E-state index in [4.69, 9.17) is 9.15 Å². The summed E-state index contributed by atoms with van der Waals surface area (Å²) < 4.78 is 39.3. The molecule has 0 fully saturated rings. The fourth-order valence-electron chi connectivity index (χ4n) is 2.78. The molecule has 0 aliphatic carbocycles. The summed E-state index contributed by atoms with van der Waals surface area (Å²) in [7, 11) is -2.41. The fourth-order valence-corrected chi connectivity index (χ4v) is 3.82. The third kappa shape index (κ3) is 3.09. The third-order valence-electron chi connectivity index (χ3n) is 4.24. The van der Waals surface area contributed by atoms with E-state index < -0.39 is 27.8 Å². The van der Waals surface area contributed by atoms with E-state index in [-0.39, 0.29) is 17.0 Å². The Morgan fingerprint density at radius 2 is 1.96 bits per heavy atom. The van der Waals surface area contributed by atoms with E-state index >= 15 is 0 Å². The number of nitrogens with zero attached hydrogens (tertiary/aromatic N) is 1. The number of hydrogen-bond acceptors (Lipinski definition) is 6. The molecule has 0 spiro atoms. The molecule has 1 atom stereocenters. The summed E-state index contributed by atoms with van der Waals surface area (Å²) in [6.45, 7) is -0.251. The van der Waals surface area contributed by atoms with Crippen molar-refractivity contribution in [1.82, 2.24) is 9.29 Å². The van der Waals surface area contributed by atoms with Gasteiger partial charge in [-0.05, 0) is 24.3 Å². The maximum atomic E-state index is 12.5. The molecular formula is C17H15N3O6S. The molecule has 2 aromatic carbocycles. The quantitative estimate of drug-likeness (QED) is 0.681. The number of hydrogen-bond donors (Lipinski definition) is 2. The van der Waals surface area contributed by atoms with Crippen molar-refractivity contribution >= 4 is 32.7 Å². The highest BCUT2D eigenvalue weighted by molar-refractivity contribution is 7.89. The first-order valence-electron chi connectivity index (χ1n) is 8.01. The Morgan fingerprint density at radius 3 is 2.78 bits per heavy atom. The number of oxazole rings is 1. The predicted octanol–water partition coefficient (Wildman–Crippen LogP) is 0.809. The molecule has 2 heterocycles. The van der Waals surface area contributed by atoms with Crippen LogP contribution in [0, 0.1) is 0 Å². The lowest BCUT2D eigenvalue weighted by Crippen LogP contribution is -2.45. The van der Waals surface area contributed by atoms with Crippen LogP contribution in [-0.2, 0) is 21.9 Å². The number of fused-ring (bicyclic) bond motifs is 2. The highest BCUT2D eigenvalue weighted by Gasteiger charge is 2.29. The molecule has 9 nitrogen and oxygen atoms in total. The monoisotopic (exact) mass is 389 g/mol. The Kier molecular flexibility index (Phi) is 4.01. The number of aryl methyl sites for hydroxylation is 1. The van der Waals surface area contributed by atoms with Gasteiger partial charge in [-0.1, -0.05) is 12.1 Å². The molecule has 1 aliphatic rings. The fraction of sp³-hybridized carbons (Fsp3) is 0.176. The number of nitrogens with one attached hydrogen (secondary N) is 2. The van der Waals surface area contributed by atoms with Crippen LogP contribution >= 0.6 is 0 Å². The number of benzene rings is 2. The average molecular weight is 389 g/mol. The Balaban J connectivity index is 1.54. The first-order chi connectivity index (χ1) is 12.8. The van der Waals surface area contributed by atoms with E-state index in [0.717, 1.165) is 0 Å². The van der Waals surface area contributed by atoms with Gasteiger partial charge >= 0.3 is 5.76 Å². The summed E-state index contributed by atoms with van der Waals surface area (Å²) in [4.78, 5) is 23.6. The highest BCUT2D eigenvalue weighted by atomic mass is 32.2. The lowest BCUT2D eigenvalue weighted by atomic mass is 10.2. The van der Waals surface area contributed by atoms with Crippen molar-refractivity contribution < 1.29 is 22.4 Å². The van der Waals surface area contributed by atoms with Gasteiger partial charge in [0.05, 0.1) is 22.6 Å². The molecule has 27 heavy (non-hydrogen) atoms. The summed E-state index contributed by atoms with van der Waals surface area (Å²) in [6, 6.07) is 11.0. The first kappa shape index (κ1) is 17.3. The zero-order valence-corrected chi connectivity index (χ0v) is 14.9. The molecule has 0 bridgehead atoms. The minimum atomic E-state index is -3.94. The number of amides is 1. The Bertz CT molecular complexity index is 1210. The maximum Gasteiger partial charge on any atom is 0.419 e. The van der Waals surface area contributed by atoms with Crippen molar-refractivity contribution in [2.24, 2.45) is 7.05 Å². The van der Waals surface area contributed by atoms with Crippen molar-refractivity contribution in [3.05, 3.63) is 53.0 Å². The molecule has 3 aromatic rings. The summed E-state index contributed by atoms with van der Waals surface area (Å²) >= 11 is 0. The van der Waals surface area contributed by atoms with Gasteiger partial charge in [-0.3, -0.25) is 9.36 Å². The lowest BCUT2D eigenvalue weighted by molar-refractivity contribution is -0.123. The molecule has 2 N–H and O–H groups in total. The average Bonchev–Trinajstić information content (AvgIpc) is 2.93. The van der Waals surface area contributed by atoms with Crippen molar-refractivity contribution in [1.29, 1.82) is 0 Å². The van der Waals surface area contributed by atoms with Gasteiger partial charge in [0.1, 0.15) is 5.75 Å². The largest absolute Gasteiger partial charge is 0.477 e. The van der Waals surface area contributed by atoms with Crippen LogP contribution in [0.1, 0.15) is 0 Å². The number of sulfonamides is 1. The van der Waals surface area contributed by atoms with Gasteiger partial charge in [0.25, 0.3) is 5.91 Å². The number of carbonyl (C=O) groups is 1. The third-order valence-corrected chi connectivity index (χ3v) is 5.66. The zero-order chi connectivity index (χ0) is 19.2. The smallest absolute Gasteiger partial charge is 0.419 e. The molecule has 1 aliphatic heterocycles. The number of aromatic nitrogens is 1. The molecule has 4 rings (SSSR count). The zero-order valence-electron chi connectivity index (χ0n) is 14.1. The molecule has 1 unspecified atom stereocenters. The van der Waals surface area contributed by atoms with E-state index in [1.54, 1.807) is 24.3 Å². The molecule has 0 saturated carbocycles. The van der Waals surface area contributed by atoms with Crippen molar-refractivity contribution in [2.45, 2.75) is 11.0 Å². The molecule has 1 aromatic heterocycles. The van der Waals surface area contributed by atoms with Gasteiger partial charge in [-0.15, -0.1) is 0 Å². The molecule has 0 saturated heterocycles. The van der Waals surface area contributed by atoms with Crippen molar-refractivity contribution in [2.75, 3.05) is 11.9 Å². The van der Waals surface area contributed by atoms with Crippen LogP contribution in [-0.4, -0.2) is 31.5 Å².